The minimum Gasteiger partial charge on any atom is -0.369 e. The van der Waals surface area contributed by atoms with Gasteiger partial charge in [0.25, 0.3) is 11.2 Å². The second kappa shape index (κ2) is 6.73. The van der Waals surface area contributed by atoms with Crippen LogP contribution in [0, 0.1) is 0 Å². The maximum atomic E-state index is 14.2. The average Bonchev–Trinajstić information content (AvgIpc) is 2.81. The van der Waals surface area contributed by atoms with Crippen LogP contribution < -0.4 is 5.19 Å². The first-order chi connectivity index (χ1) is 12.3. The molecule has 0 radical (unpaired) electrons. The molecule has 1 fully saturated rings. The van der Waals surface area contributed by atoms with Gasteiger partial charge in [-0.05, 0) is 58.1 Å². The monoisotopic (exact) mass is 516 g/mol. The van der Waals surface area contributed by atoms with Crippen LogP contribution in [-0.2, 0) is 8.85 Å². The highest BCUT2D eigenvalue weighted by Gasteiger charge is 2.96. The number of hydrogen-bond donors (Lipinski definition) is 0. The minimum absolute atomic E-state index is 0.357. The van der Waals surface area contributed by atoms with Crippen LogP contribution in [0.1, 0.15) is 0 Å². The third kappa shape index (κ3) is 3.21. The topological polar surface area (TPSA) is 18.5 Å². The summed E-state index contributed by atoms with van der Waals surface area (Å²) in [7, 11) is -4.93. The van der Waals surface area contributed by atoms with Crippen molar-refractivity contribution in [2.75, 3.05) is 0 Å². The van der Waals surface area contributed by atoms with Crippen LogP contribution in [0.15, 0.2) is 30.3 Å². The maximum absolute atomic E-state index is 14.2. The van der Waals surface area contributed by atoms with E-state index in [-0.39, 0.29) is 5.19 Å². The highest BCUT2D eigenvalue weighted by molar-refractivity contribution is 6.80. The lowest BCUT2D eigenvalue weighted by Gasteiger charge is -2.49. The number of benzene rings is 1. The SMILES string of the molecule is C[Si]1(c2ccccc2)OC(C(F)(F)Cl)(C(F)(F)Cl)C(C(F)(F)Cl)(C(F)(F)Cl)O1. The smallest absolute Gasteiger partial charge is 0.369 e. The van der Waals surface area contributed by atoms with Crippen molar-refractivity contribution in [3.8, 4) is 0 Å². The average molecular weight is 518 g/mol. The van der Waals surface area contributed by atoms with E-state index in [0.717, 1.165) is 12.1 Å². The normalized spacial score (nSPS) is 22.3. The molecule has 1 heterocycles. The first-order valence-electron chi connectivity index (χ1n) is 6.99. The molecule has 0 aliphatic carbocycles. The van der Waals surface area contributed by atoms with Gasteiger partial charge in [-0.2, -0.15) is 35.1 Å². The van der Waals surface area contributed by atoms with Gasteiger partial charge in [-0.1, -0.05) is 30.3 Å². The Morgan fingerprint density at radius 1 is 0.679 bits per heavy atom. The Morgan fingerprint density at radius 3 is 1.21 bits per heavy atom. The summed E-state index contributed by atoms with van der Waals surface area (Å²) in [5.74, 6) is 0. The predicted octanol–water partition coefficient (Wildman–Crippen LogP) is 5.82. The van der Waals surface area contributed by atoms with E-state index in [4.69, 9.17) is 0 Å². The lowest BCUT2D eigenvalue weighted by Crippen LogP contribution is -2.78. The summed E-state index contributed by atoms with van der Waals surface area (Å²) < 4.78 is 123. The van der Waals surface area contributed by atoms with Crippen molar-refractivity contribution in [3.05, 3.63) is 30.3 Å². The molecular formula is C13H8Cl4F8O2Si. The molecule has 1 saturated heterocycles. The summed E-state index contributed by atoms with van der Waals surface area (Å²) in [4.78, 5) is 0. The molecular weight excluding hydrogens is 510 g/mol. The molecule has 0 spiro atoms. The summed E-state index contributed by atoms with van der Waals surface area (Å²) >= 11 is 18.5. The van der Waals surface area contributed by atoms with Gasteiger partial charge in [0.15, 0.2) is 0 Å². The van der Waals surface area contributed by atoms with Gasteiger partial charge in [0, 0.05) is 0 Å². The van der Waals surface area contributed by atoms with E-state index < -0.39 is 41.3 Å². The van der Waals surface area contributed by atoms with Gasteiger partial charge in [-0.3, -0.25) is 0 Å². The molecule has 0 atom stereocenters. The summed E-state index contributed by atoms with van der Waals surface area (Å²) in [6, 6.07) is 5.87. The molecule has 1 aliphatic rings. The van der Waals surface area contributed by atoms with Gasteiger partial charge < -0.3 is 8.85 Å². The summed E-state index contributed by atoms with van der Waals surface area (Å²) in [5.41, 5.74) is -10.7. The van der Waals surface area contributed by atoms with E-state index >= 15 is 0 Å². The number of hydrogen-bond acceptors (Lipinski definition) is 2. The van der Waals surface area contributed by atoms with E-state index in [1.807, 2.05) is 0 Å². The van der Waals surface area contributed by atoms with Crippen LogP contribution in [0.25, 0.3) is 0 Å². The highest BCUT2D eigenvalue weighted by Crippen LogP contribution is 2.69. The molecule has 28 heavy (non-hydrogen) atoms. The van der Waals surface area contributed by atoms with Crippen molar-refractivity contribution in [2.24, 2.45) is 0 Å². The number of rotatable bonds is 5. The zero-order valence-electron chi connectivity index (χ0n) is 13.2. The highest BCUT2D eigenvalue weighted by atomic mass is 35.5. The zero-order valence-corrected chi connectivity index (χ0v) is 17.3. The molecule has 2 nitrogen and oxygen atoms in total. The summed E-state index contributed by atoms with van der Waals surface area (Å²) in [5, 5.41) is -23.0. The van der Waals surface area contributed by atoms with Crippen molar-refractivity contribution < 1.29 is 44.0 Å². The Balaban J connectivity index is 3.01. The predicted molar refractivity (Wildman–Crippen MR) is 88.5 cm³/mol. The Morgan fingerprint density at radius 2 is 0.964 bits per heavy atom. The van der Waals surface area contributed by atoms with Gasteiger partial charge in [0.1, 0.15) is 0 Å². The molecule has 1 aromatic rings. The second-order valence-electron chi connectivity index (χ2n) is 5.87. The fourth-order valence-corrected chi connectivity index (χ4v) is 7.52. The Bertz CT molecular complexity index is 661. The van der Waals surface area contributed by atoms with Crippen LogP contribution in [0.4, 0.5) is 35.1 Å². The molecule has 1 aliphatic heterocycles. The third-order valence-electron chi connectivity index (χ3n) is 4.09. The van der Waals surface area contributed by atoms with Crippen LogP contribution in [-0.4, -0.2) is 41.3 Å². The summed E-state index contributed by atoms with van der Waals surface area (Å²) in [6.45, 7) is 0.676. The quantitative estimate of drug-likeness (QED) is 0.278. The molecule has 0 N–H and O–H groups in total. The van der Waals surface area contributed by atoms with Crippen LogP contribution in [0.3, 0.4) is 0 Å². The van der Waals surface area contributed by atoms with Gasteiger partial charge in [-0.25, -0.2) is 0 Å². The summed E-state index contributed by atoms with van der Waals surface area (Å²) in [6.07, 6.45) is 0. The van der Waals surface area contributed by atoms with E-state index in [0.29, 0.717) is 6.55 Å². The lowest BCUT2D eigenvalue weighted by atomic mass is 9.82. The Labute approximate surface area is 173 Å². The zero-order chi connectivity index (χ0) is 22.0. The van der Waals surface area contributed by atoms with Crippen molar-refractivity contribution >= 4 is 60.2 Å². The third-order valence-corrected chi connectivity index (χ3v) is 7.92. The minimum atomic E-state index is -5.66. The molecule has 0 amide bonds. The maximum Gasteiger partial charge on any atom is 0.371 e. The van der Waals surface area contributed by atoms with Crippen molar-refractivity contribution in [3.63, 3.8) is 0 Å². The molecule has 0 unspecified atom stereocenters. The molecule has 15 heteroatoms. The molecule has 0 saturated carbocycles. The van der Waals surface area contributed by atoms with Crippen LogP contribution >= 0.6 is 46.4 Å². The first-order valence-corrected chi connectivity index (χ1v) is 10.8. The fourth-order valence-electron chi connectivity index (χ4n) is 2.96. The fraction of sp³-hybridized carbons (Fsp3) is 0.538. The van der Waals surface area contributed by atoms with Gasteiger partial charge in [0.05, 0.1) is 0 Å². The van der Waals surface area contributed by atoms with E-state index in [9.17, 15) is 35.1 Å². The van der Waals surface area contributed by atoms with Gasteiger partial charge >= 0.3 is 30.1 Å². The van der Waals surface area contributed by atoms with E-state index in [1.54, 1.807) is 0 Å². The van der Waals surface area contributed by atoms with Gasteiger partial charge in [0.2, 0.25) is 0 Å². The molecule has 0 aromatic heterocycles. The van der Waals surface area contributed by atoms with Crippen LogP contribution in [0.2, 0.25) is 6.55 Å². The molecule has 1 aromatic carbocycles. The number of halogens is 12. The lowest BCUT2D eigenvalue weighted by molar-refractivity contribution is -0.320. The Kier molecular flexibility index (Phi) is 5.82. The second-order valence-corrected chi connectivity index (χ2v) is 10.6. The van der Waals surface area contributed by atoms with Crippen molar-refractivity contribution in [1.82, 2.24) is 0 Å². The van der Waals surface area contributed by atoms with Gasteiger partial charge in [-0.15, -0.1) is 0 Å². The molecule has 160 valence electrons. The largest absolute Gasteiger partial charge is 0.371 e. The molecule has 0 bridgehead atoms. The molecule has 2 rings (SSSR count). The van der Waals surface area contributed by atoms with Crippen LogP contribution in [0.5, 0.6) is 0 Å². The first kappa shape index (κ1) is 24.2. The van der Waals surface area contributed by atoms with E-state index in [1.165, 1.54) is 18.2 Å². The Hall–Kier alpha value is -0.0431. The van der Waals surface area contributed by atoms with E-state index in [2.05, 4.69) is 55.3 Å². The number of alkyl halides is 12. The standard InChI is InChI=1S/C13H8Cl4F8O2Si/c1-28(7-5-3-2-4-6-7)26-8(10(14,18)19,11(15,20)21)9(27-28,12(16,22)23)13(17,24)25/h2-6H,1H3. The van der Waals surface area contributed by atoms with Crippen molar-refractivity contribution in [1.29, 1.82) is 0 Å². The van der Waals surface area contributed by atoms with Crippen molar-refractivity contribution in [2.45, 2.75) is 39.3 Å².